The maximum Gasteiger partial charge on any atom is 0.156 e. The molecule has 0 aliphatic heterocycles. The van der Waals surface area contributed by atoms with Gasteiger partial charge in [-0.25, -0.2) is 0 Å². The molecular formula is C28H30N2O. The summed E-state index contributed by atoms with van der Waals surface area (Å²) in [4.78, 5) is 11.9. The van der Waals surface area contributed by atoms with Crippen LogP contribution < -0.4 is 0 Å². The van der Waals surface area contributed by atoms with E-state index in [1.165, 1.54) is 61.6 Å². The average Bonchev–Trinajstić information content (AvgIpc) is 3.23. The van der Waals surface area contributed by atoms with Crippen molar-refractivity contribution in [3.05, 3.63) is 71.1 Å². The van der Waals surface area contributed by atoms with Crippen molar-refractivity contribution in [2.75, 3.05) is 0 Å². The van der Waals surface area contributed by atoms with Crippen LogP contribution in [0.3, 0.4) is 0 Å². The standard InChI is InChI=1S/C28H30N2O/c31-23-8-10-24-21(16-23)7-9-26-25(24)11-14-28(13-1-2-27(26)28)17-19-3-5-20(6-4-19)22-12-15-29-30-18-22/h3-6,12,15-16,18,26-27H,1-2,7-11,13-14,17H2/t26-,27+,28+/m1/s1. The first-order valence-electron chi connectivity index (χ1n) is 12.0. The molecular weight excluding hydrogens is 380 g/mol. The summed E-state index contributed by atoms with van der Waals surface area (Å²) in [7, 11) is 0. The Balaban J connectivity index is 1.27. The molecule has 4 aliphatic rings. The second-order valence-electron chi connectivity index (χ2n) is 10.2. The highest BCUT2D eigenvalue weighted by molar-refractivity contribution is 5.93. The lowest BCUT2D eigenvalue weighted by molar-refractivity contribution is -0.114. The molecule has 0 unspecified atom stereocenters. The van der Waals surface area contributed by atoms with Crippen molar-refractivity contribution in [2.45, 2.75) is 64.2 Å². The number of hydrogen-bond donors (Lipinski definition) is 0. The Morgan fingerprint density at radius 3 is 2.65 bits per heavy atom. The lowest BCUT2D eigenvalue weighted by Gasteiger charge is -2.49. The number of aromatic nitrogens is 2. The number of nitrogens with zero attached hydrogens (tertiary/aromatic N) is 2. The third-order valence-corrected chi connectivity index (χ3v) is 8.69. The molecule has 1 aromatic carbocycles. The average molecular weight is 411 g/mol. The Kier molecular flexibility index (Phi) is 4.66. The second-order valence-corrected chi connectivity index (χ2v) is 10.2. The van der Waals surface area contributed by atoms with Gasteiger partial charge in [0.15, 0.2) is 5.78 Å². The van der Waals surface area contributed by atoms with Crippen LogP contribution >= 0.6 is 0 Å². The van der Waals surface area contributed by atoms with E-state index < -0.39 is 0 Å². The first-order valence-corrected chi connectivity index (χ1v) is 12.0. The van der Waals surface area contributed by atoms with E-state index in [4.69, 9.17) is 0 Å². The Morgan fingerprint density at radius 2 is 1.81 bits per heavy atom. The molecule has 0 spiro atoms. The predicted molar refractivity (Wildman–Crippen MR) is 122 cm³/mol. The molecule has 0 amide bonds. The molecule has 2 aromatic rings. The highest BCUT2D eigenvalue weighted by Gasteiger charge is 2.51. The normalized spacial score (nSPS) is 29.8. The zero-order chi connectivity index (χ0) is 20.8. The van der Waals surface area contributed by atoms with Crippen molar-refractivity contribution in [1.82, 2.24) is 10.2 Å². The van der Waals surface area contributed by atoms with Gasteiger partial charge in [-0.2, -0.15) is 10.2 Å². The van der Waals surface area contributed by atoms with E-state index in [0.717, 1.165) is 36.7 Å². The van der Waals surface area contributed by atoms with Crippen molar-refractivity contribution < 1.29 is 4.79 Å². The minimum atomic E-state index is 0.342. The Morgan fingerprint density at radius 1 is 0.903 bits per heavy atom. The van der Waals surface area contributed by atoms with Crippen LogP contribution in [0.2, 0.25) is 0 Å². The molecule has 158 valence electrons. The van der Waals surface area contributed by atoms with Gasteiger partial charge in [-0.05, 0) is 103 Å². The number of benzene rings is 1. The van der Waals surface area contributed by atoms with E-state index in [2.05, 4.69) is 34.5 Å². The number of carbonyl (C=O) groups is 1. The molecule has 3 atom stereocenters. The van der Waals surface area contributed by atoms with Crippen LogP contribution in [0.15, 0.2) is 65.5 Å². The number of fused-ring (bicyclic) bond motifs is 4. The topological polar surface area (TPSA) is 42.9 Å². The van der Waals surface area contributed by atoms with Crippen molar-refractivity contribution in [3.63, 3.8) is 0 Å². The molecule has 0 radical (unpaired) electrons. The van der Waals surface area contributed by atoms with Gasteiger partial charge in [0.1, 0.15) is 0 Å². The summed E-state index contributed by atoms with van der Waals surface area (Å²) in [5.41, 5.74) is 9.01. The highest BCUT2D eigenvalue weighted by atomic mass is 16.1. The molecule has 2 fully saturated rings. The van der Waals surface area contributed by atoms with Gasteiger partial charge in [0.05, 0.1) is 12.4 Å². The van der Waals surface area contributed by atoms with Crippen molar-refractivity contribution in [1.29, 1.82) is 0 Å². The lowest BCUT2D eigenvalue weighted by atomic mass is 9.56. The van der Waals surface area contributed by atoms with Crippen LogP contribution in [-0.2, 0) is 11.2 Å². The zero-order valence-electron chi connectivity index (χ0n) is 18.1. The zero-order valence-corrected chi connectivity index (χ0v) is 18.1. The molecule has 3 nitrogen and oxygen atoms in total. The van der Waals surface area contributed by atoms with Gasteiger partial charge >= 0.3 is 0 Å². The van der Waals surface area contributed by atoms with E-state index in [0.29, 0.717) is 11.2 Å². The number of hydrogen-bond acceptors (Lipinski definition) is 3. The number of ketones is 1. The molecule has 2 saturated carbocycles. The molecule has 3 heteroatoms. The number of allylic oxidation sites excluding steroid dienone is 4. The molecule has 1 aromatic heterocycles. The highest BCUT2D eigenvalue weighted by Crippen LogP contribution is 2.61. The van der Waals surface area contributed by atoms with Crippen LogP contribution in [0.25, 0.3) is 11.1 Å². The fourth-order valence-electron chi connectivity index (χ4n) is 7.32. The van der Waals surface area contributed by atoms with E-state index in [1.807, 2.05) is 18.3 Å². The van der Waals surface area contributed by atoms with Gasteiger partial charge in [-0.3, -0.25) is 4.79 Å². The minimum absolute atomic E-state index is 0.342. The summed E-state index contributed by atoms with van der Waals surface area (Å²) in [6.45, 7) is 0. The summed E-state index contributed by atoms with van der Waals surface area (Å²) in [6, 6.07) is 11.2. The molecule has 4 aliphatic carbocycles. The first-order chi connectivity index (χ1) is 15.2. The van der Waals surface area contributed by atoms with Gasteiger partial charge in [-0.15, -0.1) is 0 Å². The molecule has 0 N–H and O–H groups in total. The lowest BCUT2D eigenvalue weighted by Crippen LogP contribution is -2.40. The van der Waals surface area contributed by atoms with Gasteiger partial charge in [0.2, 0.25) is 0 Å². The van der Waals surface area contributed by atoms with E-state index in [-0.39, 0.29) is 0 Å². The quantitative estimate of drug-likeness (QED) is 0.599. The second kappa shape index (κ2) is 7.55. The Labute approximate surface area is 184 Å². The van der Waals surface area contributed by atoms with Crippen LogP contribution in [0.4, 0.5) is 0 Å². The Bertz CT molecular complexity index is 1070. The monoisotopic (exact) mass is 410 g/mol. The summed E-state index contributed by atoms with van der Waals surface area (Å²) in [5, 5.41) is 7.90. The number of rotatable bonds is 3. The maximum atomic E-state index is 11.9. The van der Waals surface area contributed by atoms with Gasteiger partial charge in [-0.1, -0.05) is 36.3 Å². The van der Waals surface area contributed by atoms with Crippen LogP contribution in [0.5, 0.6) is 0 Å². The van der Waals surface area contributed by atoms with Gasteiger partial charge < -0.3 is 0 Å². The third kappa shape index (κ3) is 3.30. The van der Waals surface area contributed by atoms with Crippen LogP contribution in [0, 0.1) is 17.3 Å². The largest absolute Gasteiger partial charge is 0.295 e. The number of carbonyl (C=O) groups excluding carboxylic acids is 1. The molecule has 1 heterocycles. The molecule has 31 heavy (non-hydrogen) atoms. The van der Waals surface area contributed by atoms with Crippen molar-refractivity contribution in [3.8, 4) is 11.1 Å². The van der Waals surface area contributed by atoms with Gasteiger partial charge in [0, 0.05) is 12.0 Å². The first kappa shape index (κ1) is 19.2. The SMILES string of the molecule is O=C1C=C2CC[C@@H]3C(=C2CC1)CC[C@]1(Cc2ccc(-c4ccnnc4)cc2)CCC[C@@H]31. The molecule has 0 bridgehead atoms. The fraction of sp³-hybridized carbons (Fsp3) is 0.464. The smallest absolute Gasteiger partial charge is 0.156 e. The Hall–Kier alpha value is -2.55. The molecule has 6 rings (SSSR count). The summed E-state index contributed by atoms with van der Waals surface area (Å²) in [6.07, 6.45) is 17.6. The van der Waals surface area contributed by atoms with E-state index in [1.54, 1.807) is 17.3 Å². The minimum Gasteiger partial charge on any atom is -0.295 e. The summed E-state index contributed by atoms with van der Waals surface area (Å²) in [5.74, 6) is 1.93. The van der Waals surface area contributed by atoms with E-state index >= 15 is 0 Å². The van der Waals surface area contributed by atoms with Crippen molar-refractivity contribution >= 4 is 5.78 Å². The fourth-order valence-corrected chi connectivity index (χ4v) is 7.32. The van der Waals surface area contributed by atoms with Crippen LogP contribution in [0.1, 0.15) is 63.4 Å². The van der Waals surface area contributed by atoms with E-state index in [9.17, 15) is 4.79 Å². The van der Waals surface area contributed by atoms with Crippen LogP contribution in [-0.4, -0.2) is 16.0 Å². The third-order valence-electron chi connectivity index (χ3n) is 8.69. The molecule has 0 saturated heterocycles. The summed E-state index contributed by atoms with van der Waals surface area (Å²) < 4.78 is 0. The van der Waals surface area contributed by atoms with Gasteiger partial charge in [0.25, 0.3) is 0 Å². The maximum absolute atomic E-state index is 11.9. The van der Waals surface area contributed by atoms with Crippen molar-refractivity contribution in [2.24, 2.45) is 17.3 Å². The summed E-state index contributed by atoms with van der Waals surface area (Å²) >= 11 is 0. The predicted octanol–water partition coefficient (Wildman–Crippen LogP) is 6.26.